The maximum absolute atomic E-state index is 10.7. The Morgan fingerprint density at radius 1 is 1.38 bits per heavy atom. The highest BCUT2D eigenvalue weighted by atomic mass is 16.5. The predicted octanol–water partition coefficient (Wildman–Crippen LogP) is 2.18. The number of aryl methyl sites for hydroxylation is 1. The number of methoxy groups -OCH3 is 1. The zero-order chi connectivity index (χ0) is 9.68. The molecule has 0 saturated heterocycles. The van der Waals surface area contributed by atoms with Gasteiger partial charge in [0.2, 0.25) is 0 Å². The van der Waals surface area contributed by atoms with Crippen LogP contribution in [0.15, 0.2) is 30.5 Å². The Morgan fingerprint density at radius 3 is 2.62 bits per heavy atom. The van der Waals surface area contributed by atoms with Crippen LogP contribution in [0.4, 0.5) is 0 Å². The van der Waals surface area contributed by atoms with Crippen molar-refractivity contribution in [3.63, 3.8) is 0 Å². The minimum Gasteiger partial charge on any atom is -0.504 e. The van der Waals surface area contributed by atoms with E-state index in [2.05, 4.69) is 0 Å². The van der Waals surface area contributed by atoms with Gasteiger partial charge in [-0.3, -0.25) is 4.79 Å². The third-order valence-electron chi connectivity index (χ3n) is 1.83. The van der Waals surface area contributed by atoms with E-state index in [9.17, 15) is 4.79 Å². The first kappa shape index (κ1) is 9.52. The molecule has 0 heterocycles. The van der Waals surface area contributed by atoms with Crippen LogP contribution in [0, 0.1) is 6.92 Å². The summed E-state index contributed by atoms with van der Waals surface area (Å²) in [6.45, 7) is 1.96. The molecule has 68 valence electrons. The number of carbonyl (C=O) groups is 1. The second-order valence-electron chi connectivity index (χ2n) is 2.74. The molecule has 0 spiro atoms. The molecular formula is C11H12O2. The van der Waals surface area contributed by atoms with Crippen LogP contribution in [0.25, 0.3) is 5.57 Å². The van der Waals surface area contributed by atoms with Crippen LogP contribution in [0.3, 0.4) is 0 Å². The first-order chi connectivity index (χ1) is 6.29. The molecule has 0 aliphatic carbocycles. The molecular weight excluding hydrogens is 164 g/mol. The van der Waals surface area contributed by atoms with Crippen LogP contribution in [0.2, 0.25) is 0 Å². The lowest BCUT2D eigenvalue weighted by atomic mass is 10.0. The zero-order valence-electron chi connectivity index (χ0n) is 7.78. The molecule has 1 aromatic rings. The predicted molar refractivity (Wildman–Crippen MR) is 52.2 cm³/mol. The molecule has 0 aliphatic heterocycles. The van der Waals surface area contributed by atoms with Crippen molar-refractivity contribution < 1.29 is 9.53 Å². The first-order valence-electron chi connectivity index (χ1n) is 4.03. The van der Waals surface area contributed by atoms with Gasteiger partial charge in [0.1, 0.15) is 0 Å². The lowest BCUT2D eigenvalue weighted by molar-refractivity contribution is -0.103. The topological polar surface area (TPSA) is 26.3 Å². The van der Waals surface area contributed by atoms with E-state index in [-0.39, 0.29) is 0 Å². The molecule has 0 N–H and O–H groups in total. The summed E-state index contributed by atoms with van der Waals surface area (Å²) in [6.07, 6.45) is 2.25. The average Bonchev–Trinajstić information content (AvgIpc) is 2.16. The lowest BCUT2D eigenvalue weighted by Crippen LogP contribution is -1.90. The minimum absolute atomic E-state index is 0.570. The molecule has 0 amide bonds. The van der Waals surface area contributed by atoms with Crippen LogP contribution in [0.1, 0.15) is 11.1 Å². The fraction of sp³-hybridized carbons (Fsp3) is 0.182. The molecule has 2 nitrogen and oxygen atoms in total. The second-order valence-corrected chi connectivity index (χ2v) is 2.74. The zero-order valence-corrected chi connectivity index (χ0v) is 7.78. The largest absolute Gasteiger partial charge is 0.504 e. The summed E-state index contributed by atoms with van der Waals surface area (Å²) < 4.78 is 4.81. The quantitative estimate of drug-likeness (QED) is 0.401. The number of ether oxygens (including phenoxy) is 1. The van der Waals surface area contributed by atoms with Crippen LogP contribution >= 0.6 is 0 Å². The monoisotopic (exact) mass is 176 g/mol. The van der Waals surface area contributed by atoms with E-state index < -0.39 is 0 Å². The van der Waals surface area contributed by atoms with Crippen molar-refractivity contribution in [2.24, 2.45) is 0 Å². The van der Waals surface area contributed by atoms with Crippen molar-refractivity contribution in [2.45, 2.75) is 6.92 Å². The maximum Gasteiger partial charge on any atom is 0.153 e. The molecule has 0 atom stereocenters. The van der Waals surface area contributed by atoms with Gasteiger partial charge in [-0.2, -0.15) is 0 Å². The highest BCUT2D eigenvalue weighted by molar-refractivity contribution is 6.07. The van der Waals surface area contributed by atoms with Gasteiger partial charge in [0.05, 0.1) is 18.9 Å². The molecule has 0 aromatic heterocycles. The smallest absolute Gasteiger partial charge is 0.153 e. The van der Waals surface area contributed by atoms with Crippen molar-refractivity contribution in [1.29, 1.82) is 0 Å². The third kappa shape index (κ3) is 2.18. The lowest BCUT2D eigenvalue weighted by Gasteiger charge is -2.03. The van der Waals surface area contributed by atoms with Gasteiger partial charge < -0.3 is 4.74 Å². The third-order valence-corrected chi connectivity index (χ3v) is 1.83. The molecule has 0 bridgehead atoms. The van der Waals surface area contributed by atoms with Gasteiger partial charge in [0.15, 0.2) is 6.29 Å². The number of hydrogen-bond donors (Lipinski definition) is 0. The van der Waals surface area contributed by atoms with E-state index in [1.807, 2.05) is 31.2 Å². The SMILES string of the molecule is COC=C(C=O)c1ccccc1C. The van der Waals surface area contributed by atoms with E-state index >= 15 is 0 Å². The number of aldehydes is 1. The number of rotatable bonds is 3. The molecule has 1 aromatic carbocycles. The van der Waals surface area contributed by atoms with Gasteiger partial charge in [-0.1, -0.05) is 24.3 Å². The molecule has 0 fully saturated rings. The van der Waals surface area contributed by atoms with Crippen molar-refractivity contribution in [3.8, 4) is 0 Å². The molecule has 0 saturated carbocycles. The summed E-state index contributed by atoms with van der Waals surface area (Å²) in [4.78, 5) is 10.7. The normalized spacial score (nSPS) is 11.1. The number of hydrogen-bond acceptors (Lipinski definition) is 2. The van der Waals surface area contributed by atoms with Gasteiger partial charge in [0.25, 0.3) is 0 Å². The number of benzene rings is 1. The van der Waals surface area contributed by atoms with Crippen molar-refractivity contribution in [3.05, 3.63) is 41.7 Å². The first-order valence-corrected chi connectivity index (χ1v) is 4.03. The summed E-state index contributed by atoms with van der Waals surface area (Å²) in [5.74, 6) is 0. The summed E-state index contributed by atoms with van der Waals surface area (Å²) in [7, 11) is 1.53. The number of allylic oxidation sites excluding steroid dienone is 1. The van der Waals surface area contributed by atoms with E-state index in [1.165, 1.54) is 13.4 Å². The Labute approximate surface area is 77.8 Å². The Hall–Kier alpha value is -1.57. The maximum atomic E-state index is 10.7. The minimum atomic E-state index is 0.570. The molecule has 0 radical (unpaired) electrons. The molecule has 1 rings (SSSR count). The Bertz CT molecular complexity index is 327. The van der Waals surface area contributed by atoms with Gasteiger partial charge >= 0.3 is 0 Å². The highest BCUT2D eigenvalue weighted by Gasteiger charge is 2.02. The highest BCUT2D eigenvalue weighted by Crippen LogP contribution is 2.16. The fourth-order valence-electron chi connectivity index (χ4n) is 1.18. The van der Waals surface area contributed by atoms with E-state index in [1.54, 1.807) is 0 Å². The van der Waals surface area contributed by atoms with Gasteiger partial charge in [0, 0.05) is 0 Å². The van der Waals surface area contributed by atoms with Crippen LogP contribution in [-0.2, 0) is 9.53 Å². The average molecular weight is 176 g/mol. The van der Waals surface area contributed by atoms with Gasteiger partial charge in [-0.15, -0.1) is 0 Å². The van der Waals surface area contributed by atoms with E-state index in [0.29, 0.717) is 5.57 Å². The van der Waals surface area contributed by atoms with Crippen LogP contribution in [-0.4, -0.2) is 13.4 Å². The molecule has 2 heteroatoms. The molecule has 13 heavy (non-hydrogen) atoms. The van der Waals surface area contributed by atoms with Gasteiger partial charge in [-0.25, -0.2) is 0 Å². The van der Waals surface area contributed by atoms with Crippen LogP contribution in [0.5, 0.6) is 0 Å². The van der Waals surface area contributed by atoms with Gasteiger partial charge in [-0.05, 0) is 18.1 Å². The fourth-order valence-corrected chi connectivity index (χ4v) is 1.18. The molecule has 0 aliphatic rings. The standard InChI is InChI=1S/C11H12O2/c1-9-5-3-4-6-11(9)10(7-12)8-13-2/h3-8H,1-2H3. The Balaban J connectivity index is 3.12. The summed E-state index contributed by atoms with van der Waals surface area (Å²) in [5.41, 5.74) is 2.55. The Kier molecular flexibility index (Phi) is 3.26. The van der Waals surface area contributed by atoms with E-state index in [0.717, 1.165) is 17.4 Å². The summed E-state index contributed by atoms with van der Waals surface area (Å²) >= 11 is 0. The Morgan fingerprint density at radius 2 is 2.08 bits per heavy atom. The molecule has 0 unspecified atom stereocenters. The second kappa shape index (κ2) is 4.45. The van der Waals surface area contributed by atoms with Crippen LogP contribution < -0.4 is 0 Å². The van der Waals surface area contributed by atoms with Crippen molar-refractivity contribution >= 4 is 11.9 Å². The summed E-state index contributed by atoms with van der Waals surface area (Å²) in [6, 6.07) is 7.69. The van der Waals surface area contributed by atoms with Crippen molar-refractivity contribution in [1.82, 2.24) is 0 Å². The summed E-state index contributed by atoms with van der Waals surface area (Å²) in [5, 5.41) is 0. The van der Waals surface area contributed by atoms with Crippen molar-refractivity contribution in [2.75, 3.05) is 7.11 Å². The van der Waals surface area contributed by atoms with E-state index in [4.69, 9.17) is 4.74 Å². The number of carbonyl (C=O) groups excluding carboxylic acids is 1.